The second-order valence-corrected chi connectivity index (χ2v) is 7.85. The maximum Gasteiger partial charge on any atom is 0.222 e. The van der Waals surface area contributed by atoms with E-state index in [-0.39, 0.29) is 17.9 Å². The predicted octanol–water partition coefficient (Wildman–Crippen LogP) is 2.74. The smallest absolute Gasteiger partial charge is 0.222 e. The average Bonchev–Trinajstić information content (AvgIpc) is 3.22. The number of piperidine rings is 1. The Labute approximate surface area is 160 Å². The number of aryl methyl sites for hydroxylation is 1. The van der Waals surface area contributed by atoms with Crippen molar-refractivity contribution < 1.29 is 9.90 Å². The Bertz CT molecular complexity index is 749. The molecule has 4 rings (SSSR count). The molecule has 27 heavy (non-hydrogen) atoms. The van der Waals surface area contributed by atoms with Gasteiger partial charge in [0.15, 0.2) is 0 Å². The minimum atomic E-state index is -0.816. The van der Waals surface area contributed by atoms with Gasteiger partial charge in [-0.1, -0.05) is 43.2 Å². The van der Waals surface area contributed by atoms with E-state index in [2.05, 4.69) is 15.0 Å². The molecular weight excluding hydrogens is 340 g/mol. The van der Waals surface area contributed by atoms with Crippen LogP contribution in [0.1, 0.15) is 50.5 Å². The first-order valence-corrected chi connectivity index (χ1v) is 10.1. The molecule has 1 saturated heterocycles. The fourth-order valence-electron chi connectivity index (χ4n) is 4.96. The van der Waals surface area contributed by atoms with E-state index >= 15 is 0 Å². The van der Waals surface area contributed by atoms with Crippen molar-refractivity contribution in [3.63, 3.8) is 0 Å². The number of fused-ring (bicyclic) bond motifs is 1. The van der Waals surface area contributed by atoms with E-state index in [1.165, 1.54) is 6.33 Å². The summed E-state index contributed by atoms with van der Waals surface area (Å²) in [5.74, 6) is 0.337. The fourth-order valence-corrected chi connectivity index (χ4v) is 4.96. The van der Waals surface area contributed by atoms with Gasteiger partial charge in [-0.2, -0.15) is 5.10 Å². The van der Waals surface area contributed by atoms with Crippen molar-refractivity contribution >= 4 is 5.91 Å². The molecule has 1 saturated carbocycles. The monoisotopic (exact) mass is 368 g/mol. The molecule has 1 aromatic heterocycles. The molecule has 0 spiro atoms. The van der Waals surface area contributed by atoms with Crippen LogP contribution in [-0.4, -0.2) is 43.3 Å². The molecule has 1 aliphatic heterocycles. The number of hydrogen-bond donors (Lipinski definition) is 1. The van der Waals surface area contributed by atoms with Gasteiger partial charge in [0.2, 0.25) is 5.91 Å². The first-order valence-electron chi connectivity index (χ1n) is 10.1. The Kier molecular flexibility index (Phi) is 5.25. The second kappa shape index (κ2) is 7.80. The van der Waals surface area contributed by atoms with E-state index in [4.69, 9.17) is 0 Å². The Morgan fingerprint density at radius 3 is 2.81 bits per heavy atom. The Balaban J connectivity index is 1.45. The third kappa shape index (κ3) is 3.63. The Morgan fingerprint density at radius 2 is 2.04 bits per heavy atom. The summed E-state index contributed by atoms with van der Waals surface area (Å²) >= 11 is 0. The van der Waals surface area contributed by atoms with Gasteiger partial charge < -0.3 is 10.0 Å². The molecule has 6 heteroatoms. The number of benzene rings is 1. The van der Waals surface area contributed by atoms with Crippen LogP contribution in [0.3, 0.4) is 0 Å². The number of aromatic nitrogens is 3. The van der Waals surface area contributed by atoms with Crippen molar-refractivity contribution in [3.8, 4) is 0 Å². The maximum atomic E-state index is 12.9. The fraction of sp³-hybridized carbons (Fsp3) is 0.571. The van der Waals surface area contributed by atoms with Crippen molar-refractivity contribution in [1.82, 2.24) is 19.7 Å². The number of rotatable bonds is 5. The SMILES string of the molecule is O=C(CCCn1cncn1)N1CC[C@@](O)(c2ccccc2)[C@H]2CCCC[C@@H]21. The summed E-state index contributed by atoms with van der Waals surface area (Å²) in [4.78, 5) is 18.9. The van der Waals surface area contributed by atoms with Crippen LogP contribution < -0.4 is 0 Å². The summed E-state index contributed by atoms with van der Waals surface area (Å²) in [5.41, 5.74) is 0.185. The molecule has 1 N–H and O–H groups in total. The van der Waals surface area contributed by atoms with E-state index in [1.807, 2.05) is 30.3 Å². The predicted molar refractivity (Wildman–Crippen MR) is 102 cm³/mol. The molecule has 2 aliphatic rings. The minimum Gasteiger partial charge on any atom is -0.385 e. The van der Waals surface area contributed by atoms with Gasteiger partial charge in [0.1, 0.15) is 12.7 Å². The summed E-state index contributed by atoms with van der Waals surface area (Å²) < 4.78 is 1.76. The average molecular weight is 368 g/mol. The van der Waals surface area contributed by atoms with Crippen molar-refractivity contribution in [1.29, 1.82) is 0 Å². The van der Waals surface area contributed by atoms with Gasteiger partial charge in [0, 0.05) is 31.5 Å². The molecule has 6 nitrogen and oxygen atoms in total. The topological polar surface area (TPSA) is 71.2 Å². The van der Waals surface area contributed by atoms with Crippen molar-refractivity contribution in [2.45, 2.75) is 63.1 Å². The first kappa shape index (κ1) is 18.2. The van der Waals surface area contributed by atoms with Gasteiger partial charge >= 0.3 is 0 Å². The van der Waals surface area contributed by atoms with Crippen LogP contribution in [0.25, 0.3) is 0 Å². The summed E-state index contributed by atoms with van der Waals surface area (Å²) in [6, 6.07) is 10.2. The van der Waals surface area contributed by atoms with Gasteiger partial charge in [-0.15, -0.1) is 0 Å². The van der Waals surface area contributed by atoms with Gasteiger partial charge in [0.25, 0.3) is 0 Å². The molecule has 2 fully saturated rings. The summed E-state index contributed by atoms with van der Waals surface area (Å²) in [7, 11) is 0. The second-order valence-electron chi connectivity index (χ2n) is 7.85. The molecular formula is C21H28N4O2. The number of carbonyl (C=O) groups is 1. The third-order valence-electron chi connectivity index (χ3n) is 6.32. The number of hydrogen-bond acceptors (Lipinski definition) is 4. The number of likely N-dealkylation sites (tertiary alicyclic amines) is 1. The van der Waals surface area contributed by atoms with Crippen LogP contribution in [0.15, 0.2) is 43.0 Å². The normalized spacial score (nSPS) is 28.0. The Morgan fingerprint density at radius 1 is 1.22 bits per heavy atom. The van der Waals surface area contributed by atoms with Gasteiger partial charge in [0.05, 0.1) is 5.60 Å². The highest BCUT2D eigenvalue weighted by molar-refractivity contribution is 5.76. The summed E-state index contributed by atoms with van der Waals surface area (Å²) in [5, 5.41) is 15.7. The van der Waals surface area contributed by atoms with Crippen LogP contribution in [0.4, 0.5) is 0 Å². The standard InChI is InChI=1S/C21H28N4O2/c26-20(11-6-13-24-16-22-15-23-24)25-14-12-21(27,17-7-2-1-3-8-17)18-9-4-5-10-19(18)25/h1-3,7-8,15-16,18-19,27H,4-6,9-14H2/t18-,19-,21+/m0/s1. The lowest BCUT2D eigenvalue weighted by Gasteiger charge is -2.52. The Hall–Kier alpha value is -2.21. The van der Waals surface area contributed by atoms with Crippen molar-refractivity contribution in [2.24, 2.45) is 5.92 Å². The zero-order chi connectivity index (χ0) is 18.7. The lowest BCUT2D eigenvalue weighted by Crippen LogP contribution is -2.58. The zero-order valence-electron chi connectivity index (χ0n) is 15.7. The largest absolute Gasteiger partial charge is 0.385 e. The molecule has 3 atom stereocenters. The molecule has 0 bridgehead atoms. The molecule has 0 unspecified atom stereocenters. The molecule has 1 aromatic carbocycles. The maximum absolute atomic E-state index is 12.9. The number of amides is 1. The molecule has 0 radical (unpaired) electrons. The number of aliphatic hydroxyl groups is 1. The number of nitrogens with zero attached hydrogens (tertiary/aromatic N) is 4. The number of carbonyl (C=O) groups excluding carboxylic acids is 1. The van der Waals surface area contributed by atoms with Crippen LogP contribution in [0.2, 0.25) is 0 Å². The highest BCUT2D eigenvalue weighted by Gasteiger charge is 2.49. The van der Waals surface area contributed by atoms with Crippen LogP contribution in [0, 0.1) is 5.92 Å². The van der Waals surface area contributed by atoms with Gasteiger partial charge in [-0.3, -0.25) is 9.48 Å². The van der Waals surface area contributed by atoms with E-state index < -0.39 is 5.60 Å². The third-order valence-corrected chi connectivity index (χ3v) is 6.32. The van der Waals surface area contributed by atoms with Crippen molar-refractivity contribution in [3.05, 3.63) is 48.5 Å². The summed E-state index contributed by atoms with van der Waals surface area (Å²) in [6.07, 6.45) is 9.34. The molecule has 2 heterocycles. The molecule has 2 aromatic rings. The van der Waals surface area contributed by atoms with E-state index in [0.29, 0.717) is 25.9 Å². The highest BCUT2D eigenvalue weighted by atomic mass is 16.3. The van der Waals surface area contributed by atoms with E-state index in [9.17, 15) is 9.90 Å². The first-order chi connectivity index (χ1) is 13.2. The highest BCUT2D eigenvalue weighted by Crippen LogP contribution is 2.47. The van der Waals surface area contributed by atoms with E-state index in [1.54, 1.807) is 11.0 Å². The lowest BCUT2D eigenvalue weighted by molar-refractivity contribution is -0.155. The van der Waals surface area contributed by atoms with E-state index in [0.717, 1.165) is 37.7 Å². The van der Waals surface area contributed by atoms with Crippen LogP contribution in [0.5, 0.6) is 0 Å². The van der Waals surface area contributed by atoms with Crippen LogP contribution >= 0.6 is 0 Å². The quantitative estimate of drug-likeness (QED) is 0.881. The van der Waals surface area contributed by atoms with Gasteiger partial charge in [-0.25, -0.2) is 4.98 Å². The van der Waals surface area contributed by atoms with Crippen molar-refractivity contribution in [2.75, 3.05) is 6.54 Å². The minimum absolute atomic E-state index is 0.127. The zero-order valence-corrected chi connectivity index (χ0v) is 15.7. The lowest BCUT2D eigenvalue weighted by atomic mass is 9.66. The summed E-state index contributed by atoms with van der Waals surface area (Å²) in [6.45, 7) is 1.34. The molecule has 144 valence electrons. The molecule has 1 amide bonds. The van der Waals surface area contributed by atoms with Gasteiger partial charge in [-0.05, 0) is 31.2 Å². The van der Waals surface area contributed by atoms with Crippen LogP contribution in [-0.2, 0) is 16.9 Å². The molecule has 1 aliphatic carbocycles.